The van der Waals surface area contributed by atoms with Crippen molar-refractivity contribution < 1.29 is 14.5 Å². The first-order valence-corrected chi connectivity index (χ1v) is 8.28. The standard InChI is InChI=1S/C16H18ClN5O4/c17-14-2-1-13(22(24)25)9-15(14)20-11-12(10-18)16(23)19-3-4-21-5-7-26-8-6-21/h1-2,9,11,20H,3-8H2,(H,19,23)/b12-11-. The van der Waals surface area contributed by atoms with Crippen LogP contribution < -0.4 is 10.6 Å². The quantitative estimate of drug-likeness (QED) is 0.319. The van der Waals surface area contributed by atoms with Crippen LogP contribution in [-0.2, 0) is 9.53 Å². The third-order valence-electron chi connectivity index (χ3n) is 3.72. The lowest BCUT2D eigenvalue weighted by atomic mass is 10.2. The summed E-state index contributed by atoms with van der Waals surface area (Å²) >= 11 is 5.96. The highest BCUT2D eigenvalue weighted by molar-refractivity contribution is 6.33. The number of nitrogens with zero attached hydrogens (tertiary/aromatic N) is 3. The van der Waals surface area contributed by atoms with Gasteiger partial charge in [-0.05, 0) is 6.07 Å². The first kappa shape index (κ1) is 19.7. The molecule has 2 N–H and O–H groups in total. The number of amides is 1. The first-order valence-electron chi connectivity index (χ1n) is 7.90. The molecule has 0 bridgehead atoms. The van der Waals surface area contributed by atoms with Gasteiger partial charge in [0.25, 0.3) is 11.6 Å². The number of halogens is 1. The van der Waals surface area contributed by atoms with E-state index in [1.807, 2.05) is 0 Å². The Morgan fingerprint density at radius 3 is 2.85 bits per heavy atom. The van der Waals surface area contributed by atoms with Crippen molar-refractivity contribution in [2.45, 2.75) is 0 Å². The molecule has 1 aromatic carbocycles. The molecule has 0 aromatic heterocycles. The van der Waals surface area contributed by atoms with E-state index in [9.17, 15) is 14.9 Å². The number of nitrogens with one attached hydrogen (secondary N) is 2. The molecule has 0 spiro atoms. The van der Waals surface area contributed by atoms with Gasteiger partial charge in [-0.3, -0.25) is 19.8 Å². The highest BCUT2D eigenvalue weighted by atomic mass is 35.5. The highest BCUT2D eigenvalue weighted by Crippen LogP contribution is 2.26. The zero-order valence-electron chi connectivity index (χ0n) is 13.9. The van der Waals surface area contributed by atoms with E-state index in [1.54, 1.807) is 6.07 Å². The van der Waals surface area contributed by atoms with Crippen molar-refractivity contribution in [2.24, 2.45) is 0 Å². The Balaban J connectivity index is 1.92. The van der Waals surface area contributed by atoms with Crippen LogP contribution in [0.4, 0.5) is 11.4 Å². The minimum atomic E-state index is -0.561. The molecule has 0 saturated carbocycles. The molecule has 138 valence electrons. The highest BCUT2D eigenvalue weighted by Gasteiger charge is 2.13. The number of carbonyl (C=O) groups is 1. The van der Waals surface area contributed by atoms with Crippen molar-refractivity contribution in [3.05, 3.63) is 45.1 Å². The van der Waals surface area contributed by atoms with Crippen LogP contribution in [0, 0.1) is 21.4 Å². The molecule has 0 aliphatic carbocycles. The molecular weight excluding hydrogens is 362 g/mol. The van der Waals surface area contributed by atoms with Gasteiger partial charge in [0.1, 0.15) is 11.6 Å². The molecule has 2 rings (SSSR count). The first-order chi connectivity index (χ1) is 12.5. The SMILES string of the molecule is N#C/C(=C/Nc1cc([N+](=O)[O-])ccc1Cl)C(=O)NCCN1CCOCC1. The lowest BCUT2D eigenvalue weighted by Gasteiger charge is -2.26. The number of hydrogen-bond acceptors (Lipinski definition) is 7. The normalized spacial score (nSPS) is 15.2. The molecule has 10 heteroatoms. The minimum Gasteiger partial charge on any atom is -0.379 e. The fourth-order valence-corrected chi connectivity index (χ4v) is 2.46. The van der Waals surface area contributed by atoms with Gasteiger partial charge in [0.2, 0.25) is 0 Å². The van der Waals surface area contributed by atoms with Crippen molar-refractivity contribution >= 4 is 28.9 Å². The number of nitro groups is 1. The van der Waals surface area contributed by atoms with Gasteiger partial charge in [-0.25, -0.2) is 0 Å². The van der Waals surface area contributed by atoms with Crippen molar-refractivity contribution in [1.82, 2.24) is 10.2 Å². The molecule has 0 unspecified atom stereocenters. The summed E-state index contributed by atoms with van der Waals surface area (Å²) in [4.78, 5) is 24.5. The number of ether oxygens (including phenoxy) is 1. The van der Waals surface area contributed by atoms with Crippen LogP contribution >= 0.6 is 11.6 Å². The van der Waals surface area contributed by atoms with E-state index in [0.29, 0.717) is 26.3 Å². The Kier molecular flexibility index (Phi) is 7.35. The van der Waals surface area contributed by atoms with Gasteiger partial charge in [0.05, 0.1) is 28.8 Å². The third kappa shape index (κ3) is 5.70. The van der Waals surface area contributed by atoms with Gasteiger partial charge < -0.3 is 15.4 Å². The fraction of sp³-hybridized carbons (Fsp3) is 0.375. The van der Waals surface area contributed by atoms with E-state index in [0.717, 1.165) is 13.1 Å². The van der Waals surface area contributed by atoms with Gasteiger partial charge in [-0.15, -0.1) is 0 Å². The summed E-state index contributed by atoms with van der Waals surface area (Å²) in [5.74, 6) is -0.533. The topological polar surface area (TPSA) is 121 Å². The molecule has 1 fully saturated rings. The number of nitriles is 1. The molecule has 1 heterocycles. The maximum absolute atomic E-state index is 12.1. The van der Waals surface area contributed by atoms with Crippen molar-refractivity contribution in [1.29, 1.82) is 5.26 Å². The molecule has 1 aromatic rings. The molecule has 9 nitrogen and oxygen atoms in total. The summed E-state index contributed by atoms with van der Waals surface area (Å²) in [6.07, 6.45) is 1.18. The van der Waals surface area contributed by atoms with Crippen molar-refractivity contribution in [3.8, 4) is 6.07 Å². The molecule has 26 heavy (non-hydrogen) atoms. The fourth-order valence-electron chi connectivity index (χ4n) is 2.28. The van der Waals surface area contributed by atoms with E-state index < -0.39 is 10.8 Å². The summed E-state index contributed by atoms with van der Waals surface area (Å²) < 4.78 is 5.25. The molecule has 1 saturated heterocycles. The summed E-state index contributed by atoms with van der Waals surface area (Å²) in [6.45, 7) is 4.02. The van der Waals surface area contributed by atoms with Gasteiger partial charge in [0.15, 0.2) is 0 Å². The molecule has 1 aliphatic rings. The van der Waals surface area contributed by atoms with Gasteiger partial charge >= 0.3 is 0 Å². The largest absolute Gasteiger partial charge is 0.379 e. The number of rotatable bonds is 7. The Morgan fingerprint density at radius 1 is 1.46 bits per heavy atom. The summed E-state index contributed by atoms with van der Waals surface area (Å²) in [5, 5.41) is 25.5. The Hall–Kier alpha value is -2.67. The van der Waals surface area contributed by atoms with Gasteiger partial charge in [0, 0.05) is 44.5 Å². The van der Waals surface area contributed by atoms with Crippen LogP contribution in [0.1, 0.15) is 0 Å². The molecule has 1 aliphatic heterocycles. The molecular formula is C16H18ClN5O4. The zero-order valence-corrected chi connectivity index (χ0v) is 14.7. The minimum absolute atomic E-state index is 0.154. The van der Waals surface area contributed by atoms with Gasteiger partial charge in [-0.2, -0.15) is 5.26 Å². The third-order valence-corrected chi connectivity index (χ3v) is 4.04. The number of nitro benzene ring substituents is 1. The average molecular weight is 380 g/mol. The van der Waals surface area contributed by atoms with Gasteiger partial charge in [-0.1, -0.05) is 11.6 Å². The Labute approximate surface area is 155 Å². The lowest BCUT2D eigenvalue weighted by molar-refractivity contribution is -0.384. The van der Waals surface area contributed by atoms with Crippen molar-refractivity contribution in [3.63, 3.8) is 0 Å². The lowest BCUT2D eigenvalue weighted by Crippen LogP contribution is -2.41. The maximum Gasteiger partial charge on any atom is 0.271 e. The van der Waals surface area contributed by atoms with E-state index in [2.05, 4.69) is 15.5 Å². The smallest absolute Gasteiger partial charge is 0.271 e. The Morgan fingerprint density at radius 2 is 2.19 bits per heavy atom. The molecule has 0 radical (unpaired) electrons. The second-order valence-electron chi connectivity index (χ2n) is 5.45. The van der Waals surface area contributed by atoms with E-state index >= 15 is 0 Å². The maximum atomic E-state index is 12.1. The summed E-state index contributed by atoms with van der Waals surface area (Å²) in [6, 6.07) is 5.65. The number of benzene rings is 1. The number of hydrogen-bond donors (Lipinski definition) is 2. The van der Waals surface area contributed by atoms with Crippen LogP contribution in [0.2, 0.25) is 5.02 Å². The number of morpholine rings is 1. The van der Waals surface area contributed by atoms with E-state index in [1.165, 1.54) is 24.4 Å². The second-order valence-corrected chi connectivity index (χ2v) is 5.85. The molecule has 0 atom stereocenters. The van der Waals surface area contributed by atoms with Crippen LogP contribution in [0.15, 0.2) is 30.0 Å². The van der Waals surface area contributed by atoms with Crippen LogP contribution in [-0.4, -0.2) is 55.1 Å². The predicted octanol–water partition coefficient (Wildman–Crippen LogP) is 1.52. The summed E-state index contributed by atoms with van der Waals surface area (Å²) in [7, 11) is 0. The second kappa shape index (κ2) is 9.72. The van der Waals surface area contributed by atoms with Crippen LogP contribution in [0.5, 0.6) is 0 Å². The van der Waals surface area contributed by atoms with Crippen LogP contribution in [0.3, 0.4) is 0 Å². The van der Waals surface area contributed by atoms with E-state index in [-0.39, 0.29) is 22.0 Å². The number of carbonyl (C=O) groups excluding carboxylic acids is 1. The number of anilines is 1. The average Bonchev–Trinajstić information content (AvgIpc) is 2.64. The number of non-ortho nitro benzene ring substituents is 1. The summed E-state index contributed by atoms with van der Waals surface area (Å²) in [5.41, 5.74) is -0.0805. The zero-order chi connectivity index (χ0) is 18.9. The Bertz CT molecular complexity index is 741. The monoisotopic (exact) mass is 379 g/mol. The van der Waals surface area contributed by atoms with Crippen molar-refractivity contribution in [2.75, 3.05) is 44.7 Å². The van der Waals surface area contributed by atoms with Crippen LogP contribution in [0.25, 0.3) is 0 Å². The van der Waals surface area contributed by atoms with E-state index in [4.69, 9.17) is 21.6 Å². The predicted molar refractivity (Wildman–Crippen MR) is 95.7 cm³/mol. The molecule has 1 amide bonds.